The van der Waals surface area contributed by atoms with Crippen molar-refractivity contribution in [3.05, 3.63) is 93.5 Å². The Kier molecular flexibility index (Phi) is 7.36. The van der Waals surface area contributed by atoms with Gasteiger partial charge in [-0.3, -0.25) is 9.69 Å². The maximum Gasteiger partial charge on any atom is 0.255 e. The lowest BCUT2D eigenvalue weighted by atomic mass is 10.1. The second kappa shape index (κ2) is 10.4. The van der Waals surface area contributed by atoms with E-state index in [4.69, 9.17) is 23.2 Å². The van der Waals surface area contributed by atoms with E-state index in [1.165, 1.54) is 5.56 Å². The summed E-state index contributed by atoms with van der Waals surface area (Å²) in [5.74, 6) is -0.135. The number of nitrogens with one attached hydrogen (secondary N) is 1. The average Bonchev–Trinajstić information content (AvgIpc) is 2.81. The number of aryl methyl sites for hydroxylation is 1. The highest BCUT2D eigenvalue weighted by atomic mass is 35.5. The number of carbonyl (C=O) groups excluding carboxylic acids is 1. The summed E-state index contributed by atoms with van der Waals surface area (Å²) in [5, 5.41) is 4.40. The lowest BCUT2D eigenvalue weighted by Gasteiger charge is -2.36. The standard InChI is InChI=1S/C26H27Cl2N3O/c1-2-19-7-9-20(10-8-19)26(32)29-22-11-12-25(24(28)17-22)31-15-13-30(14-16-31)18-21-5-3-4-6-23(21)27/h3-12,17H,2,13-16,18H2,1H3,(H,29,32). The molecular weight excluding hydrogens is 441 g/mol. The zero-order valence-corrected chi connectivity index (χ0v) is 19.7. The smallest absolute Gasteiger partial charge is 0.255 e. The fourth-order valence-corrected chi connectivity index (χ4v) is 4.45. The van der Waals surface area contributed by atoms with Gasteiger partial charge in [0.05, 0.1) is 10.7 Å². The minimum Gasteiger partial charge on any atom is -0.368 e. The number of anilines is 2. The van der Waals surface area contributed by atoms with Crippen LogP contribution in [-0.4, -0.2) is 37.0 Å². The van der Waals surface area contributed by atoms with Crippen LogP contribution in [0, 0.1) is 0 Å². The van der Waals surface area contributed by atoms with Crippen molar-refractivity contribution in [2.45, 2.75) is 19.9 Å². The Hall–Kier alpha value is -2.53. The van der Waals surface area contributed by atoms with E-state index in [0.29, 0.717) is 16.3 Å². The molecular formula is C26H27Cl2N3O. The van der Waals surface area contributed by atoms with Crippen LogP contribution in [0.1, 0.15) is 28.4 Å². The van der Waals surface area contributed by atoms with E-state index in [1.807, 2.05) is 60.7 Å². The Labute approximate surface area is 199 Å². The Balaban J connectivity index is 1.35. The zero-order chi connectivity index (χ0) is 22.5. The number of piperazine rings is 1. The minimum atomic E-state index is -0.135. The van der Waals surface area contributed by atoms with Gasteiger partial charge in [0.2, 0.25) is 0 Å². The molecule has 1 heterocycles. The second-order valence-corrected chi connectivity index (χ2v) is 8.84. The van der Waals surface area contributed by atoms with E-state index < -0.39 is 0 Å². The summed E-state index contributed by atoms with van der Waals surface area (Å²) in [4.78, 5) is 17.2. The van der Waals surface area contributed by atoms with Crippen LogP contribution in [0.15, 0.2) is 66.7 Å². The molecule has 1 fully saturated rings. The quantitative estimate of drug-likeness (QED) is 0.473. The summed E-state index contributed by atoms with van der Waals surface area (Å²) in [5.41, 5.74) is 4.69. The molecule has 1 aliphatic rings. The molecule has 0 unspecified atom stereocenters. The van der Waals surface area contributed by atoms with Crippen LogP contribution in [0.2, 0.25) is 10.0 Å². The predicted octanol–water partition coefficient (Wildman–Crippen LogP) is 6.13. The minimum absolute atomic E-state index is 0.135. The van der Waals surface area contributed by atoms with Gasteiger partial charge in [-0.2, -0.15) is 0 Å². The summed E-state index contributed by atoms with van der Waals surface area (Å²) >= 11 is 12.9. The number of hydrogen-bond donors (Lipinski definition) is 1. The Morgan fingerprint density at radius 3 is 2.28 bits per heavy atom. The second-order valence-electron chi connectivity index (χ2n) is 8.03. The summed E-state index contributed by atoms with van der Waals surface area (Å²) in [6, 6.07) is 21.4. The van der Waals surface area contributed by atoms with Crippen molar-refractivity contribution in [3.63, 3.8) is 0 Å². The van der Waals surface area contributed by atoms with E-state index in [1.54, 1.807) is 0 Å². The van der Waals surface area contributed by atoms with Gasteiger partial charge in [0, 0.05) is 49.0 Å². The molecule has 0 radical (unpaired) electrons. The molecule has 1 aliphatic heterocycles. The summed E-state index contributed by atoms with van der Waals surface area (Å²) in [6.45, 7) is 6.60. The Morgan fingerprint density at radius 2 is 1.62 bits per heavy atom. The Bertz CT molecular complexity index is 1080. The van der Waals surface area contributed by atoms with Crippen LogP contribution in [0.4, 0.5) is 11.4 Å². The number of hydrogen-bond acceptors (Lipinski definition) is 3. The molecule has 0 aliphatic carbocycles. The zero-order valence-electron chi connectivity index (χ0n) is 18.2. The van der Waals surface area contributed by atoms with Gasteiger partial charge in [-0.25, -0.2) is 0 Å². The third-order valence-electron chi connectivity index (χ3n) is 5.89. The fraction of sp³-hybridized carbons (Fsp3) is 0.269. The molecule has 0 spiro atoms. The highest BCUT2D eigenvalue weighted by Gasteiger charge is 2.20. The molecule has 4 rings (SSSR count). The number of benzene rings is 3. The fourth-order valence-electron chi connectivity index (χ4n) is 3.95. The molecule has 0 bridgehead atoms. The normalized spacial score (nSPS) is 14.4. The first-order valence-electron chi connectivity index (χ1n) is 10.9. The molecule has 3 aromatic rings. The maximum atomic E-state index is 12.5. The van der Waals surface area contributed by atoms with Crippen LogP contribution < -0.4 is 10.2 Å². The monoisotopic (exact) mass is 467 g/mol. The number of carbonyl (C=O) groups is 1. The van der Waals surface area contributed by atoms with Crippen molar-refractivity contribution >= 4 is 40.5 Å². The van der Waals surface area contributed by atoms with E-state index >= 15 is 0 Å². The van der Waals surface area contributed by atoms with Gasteiger partial charge in [0.1, 0.15) is 0 Å². The van der Waals surface area contributed by atoms with E-state index in [9.17, 15) is 4.79 Å². The first kappa shape index (κ1) is 22.7. The van der Waals surface area contributed by atoms with Crippen molar-refractivity contribution in [3.8, 4) is 0 Å². The largest absolute Gasteiger partial charge is 0.368 e. The van der Waals surface area contributed by atoms with Gasteiger partial charge in [-0.15, -0.1) is 0 Å². The van der Waals surface area contributed by atoms with Crippen molar-refractivity contribution in [1.29, 1.82) is 0 Å². The summed E-state index contributed by atoms with van der Waals surface area (Å²) < 4.78 is 0. The average molecular weight is 468 g/mol. The molecule has 1 N–H and O–H groups in total. The van der Waals surface area contributed by atoms with E-state index in [-0.39, 0.29) is 5.91 Å². The number of nitrogens with zero attached hydrogens (tertiary/aromatic N) is 2. The molecule has 32 heavy (non-hydrogen) atoms. The topological polar surface area (TPSA) is 35.6 Å². The maximum absolute atomic E-state index is 12.5. The van der Waals surface area contributed by atoms with Crippen molar-refractivity contribution in [1.82, 2.24) is 4.90 Å². The Morgan fingerprint density at radius 1 is 0.906 bits per heavy atom. The van der Waals surface area contributed by atoms with Crippen LogP contribution in [0.5, 0.6) is 0 Å². The molecule has 166 valence electrons. The molecule has 0 saturated carbocycles. The predicted molar refractivity (Wildman–Crippen MR) is 134 cm³/mol. The van der Waals surface area contributed by atoms with Crippen LogP contribution >= 0.6 is 23.2 Å². The highest BCUT2D eigenvalue weighted by Crippen LogP contribution is 2.30. The lowest BCUT2D eigenvalue weighted by Crippen LogP contribution is -2.46. The molecule has 0 aromatic heterocycles. The lowest BCUT2D eigenvalue weighted by molar-refractivity contribution is 0.102. The molecule has 4 nitrogen and oxygen atoms in total. The third-order valence-corrected chi connectivity index (χ3v) is 6.57. The van der Waals surface area contributed by atoms with Gasteiger partial charge in [-0.1, -0.05) is 60.5 Å². The first-order chi connectivity index (χ1) is 15.5. The number of halogens is 2. The van der Waals surface area contributed by atoms with E-state index in [2.05, 4.69) is 28.1 Å². The van der Waals surface area contributed by atoms with Crippen molar-refractivity contribution in [2.75, 3.05) is 36.4 Å². The summed E-state index contributed by atoms with van der Waals surface area (Å²) in [6.07, 6.45) is 0.952. The van der Waals surface area contributed by atoms with Crippen LogP contribution in [0.25, 0.3) is 0 Å². The number of amides is 1. The van der Waals surface area contributed by atoms with Crippen LogP contribution in [0.3, 0.4) is 0 Å². The van der Waals surface area contributed by atoms with Gasteiger partial charge in [0.15, 0.2) is 0 Å². The molecule has 1 saturated heterocycles. The van der Waals surface area contributed by atoms with Crippen molar-refractivity contribution in [2.24, 2.45) is 0 Å². The highest BCUT2D eigenvalue weighted by molar-refractivity contribution is 6.33. The molecule has 6 heteroatoms. The van der Waals surface area contributed by atoms with Crippen LogP contribution in [-0.2, 0) is 13.0 Å². The molecule has 1 amide bonds. The molecule has 0 atom stereocenters. The van der Waals surface area contributed by atoms with Gasteiger partial charge < -0.3 is 10.2 Å². The van der Waals surface area contributed by atoms with E-state index in [0.717, 1.165) is 55.4 Å². The molecule has 3 aromatic carbocycles. The summed E-state index contributed by atoms with van der Waals surface area (Å²) in [7, 11) is 0. The number of rotatable bonds is 6. The first-order valence-corrected chi connectivity index (χ1v) is 11.7. The van der Waals surface area contributed by atoms with Gasteiger partial charge >= 0.3 is 0 Å². The van der Waals surface area contributed by atoms with Gasteiger partial charge in [0.25, 0.3) is 5.91 Å². The van der Waals surface area contributed by atoms with Crippen molar-refractivity contribution < 1.29 is 4.79 Å². The SMILES string of the molecule is CCc1ccc(C(=O)Nc2ccc(N3CCN(Cc4ccccc4Cl)CC3)c(Cl)c2)cc1. The van der Waals surface area contributed by atoms with Gasteiger partial charge in [-0.05, 0) is 53.9 Å². The third kappa shape index (κ3) is 5.44.